The highest BCUT2D eigenvalue weighted by Gasteiger charge is 2.59. The van der Waals surface area contributed by atoms with Crippen LogP contribution in [0.3, 0.4) is 0 Å². The molecule has 1 N–H and O–H groups in total. The minimum atomic E-state index is -4.00. The van der Waals surface area contributed by atoms with Gasteiger partial charge in [0, 0.05) is 29.6 Å². The third-order valence-electron chi connectivity index (χ3n) is 9.54. The molecule has 5 fully saturated rings. The first-order chi connectivity index (χ1) is 17.8. The zero-order valence-electron chi connectivity index (χ0n) is 21.3. The molecule has 0 radical (unpaired) electrons. The fourth-order valence-corrected chi connectivity index (χ4v) is 9.31. The molecule has 1 aliphatic carbocycles. The monoisotopic (exact) mass is 551 g/mol. The smallest absolute Gasteiger partial charge is 0.245 e. The number of ether oxygens (including phenoxy) is 1. The highest BCUT2D eigenvalue weighted by Crippen LogP contribution is 2.56. The zero-order valence-corrected chi connectivity index (χ0v) is 22.9. The lowest BCUT2D eigenvalue weighted by Crippen LogP contribution is -2.59. The second-order valence-corrected chi connectivity index (χ2v) is 14.0. The summed E-state index contributed by atoms with van der Waals surface area (Å²) < 4.78 is 34.2. The summed E-state index contributed by atoms with van der Waals surface area (Å²) in [6.07, 6.45) is 8.65. The van der Waals surface area contributed by atoms with Crippen molar-refractivity contribution in [1.29, 1.82) is 0 Å². The van der Waals surface area contributed by atoms with E-state index < -0.39 is 27.7 Å². The zero-order chi connectivity index (χ0) is 25.8. The van der Waals surface area contributed by atoms with Crippen LogP contribution in [-0.4, -0.2) is 90.2 Å². The summed E-state index contributed by atoms with van der Waals surface area (Å²) in [6.45, 7) is 2.47. The minimum absolute atomic E-state index is 0.0818. The van der Waals surface area contributed by atoms with Gasteiger partial charge in [0.25, 0.3) is 0 Å². The molecule has 6 rings (SSSR count). The summed E-state index contributed by atoms with van der Waals surface area (Å²) in [7, 11) is -4.00. The van der Waals surface area contributed by atoms with Gasteiger partial charge in [-0.25, -0.2) is 8.42 Å². The van der Waals surface area contributed by atoms with Crippen LogP contribution in [0.1, 0.15) is 64.2 Å². The van der Waals surface area contributed by atoms with Crippen LogP contribution in [0.4, 0.5) is 0 Å². The molecule has 5 aliphatic rings. The lowest BCUT2D eigenvalue weighted by Gasteiger charge is -2.46. The van der Waals surface area contributed by atoms with Gasteiger partial charge in [0.1, 0.15) is 6.23 Å². The average Bonchev–Trinajstić information content (AvgIpc) is 3.62. The number of nitrogens with zero attached hydrogens (tertiary/aromatic N) is 3. The number of piperidine rings is 2. The molecule has 1 aromatic carbocycles. The van der Waals surface area contributed by atoms with Crippen molar-refractivity contribution in [2.75, 3.05) is 26.3 Å². The van der Waals surface area contributed by atoms with E-state index in [0.717, 1.165) is 38.5 Å². The van der Waals surface area contributed by atoms with E-state index in [-0.39, 0.29) is 36.1 Å². The number of amides is 1. The maximum absolute atomic E-state index is 13.8. The number of aliphatic hydroxyl groups is 1. The molecule has 8 nitrogen and oxygen atoms in total. The second kappa shape index (κ2) is 10.1. The molecule has 4 heterocycles. The Hall–Kier alpha value is -1.23. The Bertz CT molecular complexity index is 1090. The molecular formula is C27H38ClN3O5S. The largest absolute Gasteiger partial charge is 0.376 e. The molecule has 4 aliphatic heterocycles. The summed E-state index contributed by atoms with van der Waals surface area (Å²) in [5.74, 6) is 0.144. The number of likely N-dealkylation sites (tertiary alicyclic amines) is 1. The predicted molar refractivity (Wildman–Crippen MR) is 139 cm³/mol. The van der Waals surface area contributed by atoms with Crippen LogP contribution in [-0.2, 0) is 19.6 Å². The van der Waals surface area contributed by atoms with Crippen molar-refractivity contribution in [1.82, 2.24) is 14.1 Å². The third kappa shape index (κ3) is 4.85. The summed E-state index contributed by atoms with van der Waals surface area (Å²) in [6, 6.07) is 6.58. The maximum Gasteiger partial charge on any atom is 0.245 e. The SMILES string of the molecule is O=C(CC1([C@H]2COC[C@@H](O)N2S(=O)(=O)c2ccc(Cl)cc2)CC1)N1C2CCC1CC(N1CCCCC1)C2. The first kappa shape index (κ1) is 26.0. The van der Waals surface area contributed by atoms with Gasteiger partial charge in [-0.15, -0.1) is 0 Å². The molecule has 2 unspecified atom stereocenters. The Labute approximate surface area is 224 Å². The number of aliphatic hydroxyl groups excluding tert-OH is 1. The fourth-order valence-electron chi connectivity index (χ4n) is 7.46. The number of carbonyl (C=O) groups is 1. The van der Waals surface area contributed by atoms with Gasteiger partial charge in [0.2, 0.25) is 15.9 Å². The van der Waals surface area contributed by atoms with Crippen LogP contribution < -0.4 is 0 Å². The van der Waals surface area contributed by atoms with Crippen molar-refractivity contribution in [2.45, 2.75) is 99.5 Å². The van der Waals surface area contributed by atoms with Gasteiger partial charge in [0.05, 0.1) is 24.2 Å². The van der Waals surface area contributed by atoms with Gasteiger partial charge in [-0.05, 0) is 94.1 Å². The number of hydrogen-bond acceptors (Lipinski definition) is 6. The first-order valence-corrected chi connectivity index (χ1v) is 15.7. The number of fused-ring (bicyclic) bond motifs is 2. The van der Waals surface area contributed by atoms with Crippen LogP contribution in [0.2, 0.25) is 5.02 Å². The summed E-state index contributed by atoms with van der Waals surface area (Å²) >= 11 is 5.98. The van der Waals surface area contributed by atoms with E-state index >= 15 is 0 Å². The Morgan fingerprint density at radius 3 is 2.27 bits per heavy atom. The van der Waals surface area contributed by atoms with Crippen LogP contribution >= 0.6 is 11.6 Å². The van der Waals surface area contributed by atoms with Crippen LogP contribution in [0.15, 0.2) is 29.2 Å². The average molecular weight is 552 g/mol. The Balaban J connectivity index is 1.19. The van der Waals surface area contributed by atoms with E-state index in [1.54, 1.807) is 0 Å². The number of halogens is 1. The van der Waals surface area contributed by atoms with E-state index in [1.165, 1.54) is 60.9 Å². The van der Waals surface area contributed by atoms with E-state index in [2.05, 4.69) is 9.80 Å². The molecule has 4 atom stereocenters. The van der Waals surface area contributed by atoms with Gasteiger partial charge >= 0.3 is 0 Å². The third-order valence-corrected chi connectivity index (χ3v) is 11.7. The van der Waals surface area contributed by atoms with Gasteiger partial charge in [-0.1, -0.05) is 18.0 Å². The fraction of sp³-hybridized carbons (Fsp3) is 0.741. The highest BCUT2D eigenvalue weighted by molar-refractivity contribution is 7.89. The van der Waals surface area contributed by atoms with Crippen LogP contribution in [0.25, 0.3) is 0 Å². The van der Waals surface area contributed by atoms with Gasteiger partial charge < -0.3 is 19.6 Å². The summed E-state index contributed by atoms with van der Waals surface area (Å²) in [4.78, 5) is 18.7. The quantitative estimate of drug-likeness (QED) is 0.584. The van der Waals surface area contributed by atoms with Crippen molar-refractivity contribution >= 4 is 27.5 Å². The minimum Gasteiger partial charge on any atom is -0.376 e. The first-order valence-electron chi connectivity index (χ1n) is 13.9. The number of sulfonamides is 1. The second-order valence-electron chi connectivity index (χ2n) is 11.8. The van der Waals surface area contributed by atoms with Crippen molar-refractivity contribution in [3.8, 4) is 0 Å². The molecule has 1 amide bonds. The van der Waals surface area contributed by atoms with Gasteiger partial charge in [-0.3, -0.25) is 4.79 Å². The number of hydrogen-bond donors (Lipinski definition) is 1. The van der Waals surface area contributed by atoms with Gasteiger partial charge in [0.15, 0.2) is 0 Å². The normalized spacial score (nSPS) is 34.4. The number of benzene rings is 1. The number of morpholine rings is 1. The van der Waals surface area contributed by atoms with E-state index in [4.69, 9.17) is 16.3 Å². The van der Waals surface area contributed by atoms with Crippen molar-refractivity contribution in [2.24, 2.45) is 5.41 Å². The number of carbonyl (C=O) groups excluding carboxylic acids is 1. The predicted octanol–water partition coefficient (Wildman–Crippen LogP) is 3.23. The Kier molecular flexibility index (Phi) is 7.08. The molecule has 2 bridgehead atoms. The Morgan fingerprint density at radius 1 is 1.00 bits per heavy atom. The molecule has 0 aromatic heterocycles. The Morgan fingerprint density at radius 2 is 1.65 bits per heavy atom. The molecule has 37 heavy (non-hydrogen) atoms. The highest BCUT2D eigenvalue weighted by atomic mass is 35.5. The molecule has 1 aromatic rings. The summed E-state index contributed by atoms with van der Waals surface area (Å²) in [5, 5.41) is 11.3. The topological polar surface area (TPSA) is 90.4 Å². The van der Waals surface area contributed by atoms with E-state index in [1.807, 2.05) is 0 Å². The van der Waals surface area contributed by atoms with Crippen molar-refractivity contribution in [3.05, 3.63) is 29.3 Å². The van der Waals surface area contributed by atoms with E-state index in [0.29, 0.717) is 17.5 Å². The number of rotatable bonds is 6. The van der Waals surface area contributed by atoms with Gasteiger partial charge in [-0.2, -0.15) is 4.31 Å². The lowest BCUT2D eigenvalue weighted by molar-refractivity contribution is -0.142. The van der Waals surface area contributed by atoms with Crippen molar-refractivity contribution < 1.29 is 23.1 Å². The van der Waals surface area contributed by atoms with Crippen LogP contribution in [0, 0.1) is 5.41 Å². The molecular weight excluding hydrogens is 514 g/mol. The standard InChI is InChI=1S/C27H38ClN3O5S/c28-19-4-8-23(9-5-19)37(34,35)31-24(17-36-18-26(31)33)27(10-11-27)16-25(32)30-20-6-7-21(30)15-22(14-20)29-12-2-1-3-13-29/h4-5,8-9,20-22,24,26,33H,1-3,6-7,10-18H2/t20?,21?,22?,24-,26-/m1/s1. The molecule has 1 saturated carbocycles. The summed E-state index contributed by atoms with van der Waals surface area (Å²) in [5.41, 5.74) is -0.499. The molecule has 0 spiro atoms. The van der Waals surface area contributed by atoms with Crippen LogP contribution in [0.5, 0.6) is 0 Å². The molecule has 10 heteroatoms. The lowest BCUT2D eigenvalue weighted by atomic mass is 9.89. The van der Waals surface area contributed by atoms with Crippen molar-refractivity contribution in [3.63, 3.8) is 0 Å². The maximum atomic E-state index is 13.8. The van der Waals surface area contributed by atoms with E-state index in [9.17, 15) is 18.3 Å². The molecule has 4 saturated heterocycles. The molecule has 204 valence electrons.